The van der Waals surface area contributed by atoms with E-state index in [0.717, 1.165) is 3.63 Å². The molecule has 1 aromatic heterocycles. The Bertz CT molecular complexity index is 1170. The minimum atomic E-state index is -0.667. The van der Waals surface area contributed by atoms with Crippen LogP contribution in [0.2, 0.25) is 0 Å². The average molecular weight is 515 g/mol. The van der Waals surface area contributed by atoms with Gasteiger partial charge in [-0.3, -0.25) is 0 Å². The first kappa shape index (κ1) is 21.4. The number of fused-ring (bicyclic) bond motifs is 4. The van der Waals surface area contributed by atoms with Crippen LogP contribution in [0.15, 0.2) is 70.0 Å². The fraction of sp³-hybridized carbons (Fsp3) is 0.200. The fourth-order valence-corrected chi connectivity index (χ4v) is 13.0. The van der Waals surface area contributed by atoms with E-state index in [1.807, 2.05) is 5.30 Å². The first-order valence-electron chi connectivity index (χ1n) is 9.94. The Balaban J connectivity index is 0.00000102. The molecule has 0 saturated heterocycles. The van der Waals surface area contributed by atoms with E-state index in [1.165, 1.54) is 31.2 Å². The van der Waals surface area contributed by atoms with E-state index < -0.39 is 23.2 Å². The van der Waals surface area contributed by atoms with Gasteiger partial charge in [0.05, 0.1) is 0 Å². The van der Waals surface area contributed by atoms with Crippen LogP contribution in [0, 0.1) is 0 Å². The second-order valence-corrected chi connectivity index (χ2v) is 13.6. The van der Waals surface area contributed by atoms with Crippen LogP contribution >= 0.6 is 7.53 Å². The first-order chi connectivity index (χ1) is 13.4. The van der Waals surface area contributed by atoms with Crippen LogP contribution in [-0.2, 0) is 36.1 Å². The van der Waals surface area contributed by atoms with Crippen LogP contribution in [-0.4, -0.2) is 0 Å². The molecule has 1 heterocycles. The summed E-state index contributed by atoms with van der Waals surface area (Å²) in [5.74, 6) is 0. The van der Waals surface area contributed by atoms with Gasteiger partial charge in [-0.2, -0.15) is 0 Å². The number of hydrogen-bond acceptors (Lipinski definition) is 0. The number of halogens is 2. The van der Waals surface area contributed by atoms with Gasteiger partial charge in [0.1, 0.15) is 0 Å². The summed E-state index contributed by atoms with van der Waals surface area (Å²) in [6.45, 7) is 0. The molecule has 0 spiro atoms. The molecule has 3 aromatic rings. The van der Waals surface area contributed by atoms with Gasteiger partial charge in [-0.1, -0.05) is 0 Å². The van der Waals surface area contributed by atoms with Crippen molar-refractivity contribution in [3.8, 4) is 0 Å². The summed E-state index contributed by atoms with van der Waals surface area (Å²) in [7, 11) is -0.273. The SMILES string of the molecule is C1=CC[C]([Zr+2][CH]2C(p3c4c(c5ccccc53)CCC4)=Cc3ccccc32)=C1.[Cl-].[Cl-]. The molecule has 2 unspecified atom stereocenters. The third-order valence-electron chi connectivity index (χ3n) is 6.19. The van der Waals surface area contributed by atoms with Gasteiger partial charge in [-0.25, -0.2) is 0 Å². The second kappa shape index (κ2) is 8.73. The number of benzene rings is 2. The van der Waals surface area contributed by atoms with Gasteiger partial charge in [0.2, 0.25) is 0 Å². The summed E-state index contributed by atoms with van der Waals surface area (Å²) in [5.41, 5.74) is 4.83. The molecule has 0 amide bonds. The summed E-state index contributed by atoms with van der Waals surface area (Å²) in [4.78, 5) is 0. The zero-order chi connectivity index (χ0) is 17.8. The van der Waals surface area contributed by atoms with Gasteiger partial charge in [-0.15, -0.1) is 0 Å². The van der Waals surface area contributed by atoms with E-state index >= 15 is 0 Å². The Morgan fingerprint density at radius 3 is 2.62 bits per heavy atom. The van der Waals surface area contributed by atoms with Gasteiger partial charge in [0.25, 0.3) is 0 Å². The van der Waals surface area contributed by atoms with Crippen molar-refractivity contribution in [2.75, 3.05) is 0 Å². The van der Waals surface area contributed by atoms with Crippen molar-refractivity contribution in [1.82, 2.24) is 0 Å². The van der Waals surface area contributed by atoms with Crippen LogP contribution in [0.3, 0.4) is 0 Å². The predicted octanol–water partition coefficient (Wildman–Crippen LogP) is 1.30. The van der Waals surface area contributed by atoms with Crippen LogP contribution in [0.1, 0.15) is 38.5 Å². The van der Waals surface area contributed by atoms with E-state index in [2.05, 4.69) is 72.8 Å². The molecule has 29 heavy (non-hydrogen) atoms. The zero-order valence-corrected chi connectivity index (χ0v) is 20.9. The first-order valence-corrected chi connectivity index (χ1v) is 13.9. The minimum absolute atomic E-state index is 0. The van der Waals surface area contributed by atoms with E-state index in [1.54, 1.807) is 30.2 Å². The van der Waals surface area contributed by atoms with Crippen molar-refractivity contribution < 1.29 is 48.0 Å². The average Bonchev–Trinajstić information content (AvgIpc) is 3.46. The molecule has 3 aliphatic carbocycles. The van der Waals surface area contributed by atoms with Crippen LogP contribution in [0.4, 0.5) is 0 Å². The largest absolute Gasteiger partial charge is 1.00 e. The van der Waals surface area contributed by atoms with E-state index in [0.29, 0.717) is 0 Å². The van der Waals surface area contributed by atoms with E-state index in [4.69, 9.17) is 0 Å². The molecule has 0 fully saturated rings. The molecule has 0 bridgehead atoms. The maximum atomic E-state index is 2.60. The molecule has 4 heteroatoms. The number of rotatable bonds is 3. The minimum Gasteiger partial charge on any atom is -1.00 e. The van der Waals surface area contributed by atoms with Crippen molar-refractivity contribution in [3.05, 3.63) is 92.0 Å². The molecule has 2 atom stereocenters. The third-order valence-corrected chi connectivity index (χ3v) is 13.7. The number of allylic oxidation sites excluding steroid dienone is 5. The standard InChI is InChI=1S/C20H16P.C5H5.2ClH.Zr/c1-2-7-15-13-16(12-14(15)6-1)21-19-10-4-3-8-17(19)18-9-5-11-20(18)21;1-2-4-5-3-1;;;/h1-4,6-8,10,12-13H,5,9,11H2;1-3H,4H2;2*1H;/q;;;;+2/p-2. The molecule has 144 valence electrons. The summed E-state index contributed by atoms with van der Waals surface area (Å²) in [6.07, 6.45) is 14.8. The molecule has 6 rings (SSSR count). The number of aryl methyl sites for hydroxylation is 1. The normalized spacial score (nSPS) is 19.0. The Hall–Kier alpha value is -0.837. The van der Waals surface area contributed by atoms with Crippen molar-refractivity contribution >= 4 is 29.4 Å². The summed E-state index contributed by atoms with van der Waals surface area (Å²) < 4.78 is 2.48. The molecule has 0 N–H and O–H groups in total. The van der Waals surface area contributed by atoms with Gasteiger partial charge in [0.15, 0.2) is 0 Å². The molecular formula is C25H21Cl2PZr. The maximum absolute atomic E-state index is 2.60. The number of hydrogen-bond donors (Lipinski definition) is 0. The van der Waals surface area contributed by atoms with Crippen molar-refractivity contribution in [1.29, 1.82) is 0 Å². The topological polar surface area (TPSA) is 0 Å². The molecule has 2 aromatic carbocycles. The molecule has 3 aliphatic rings. The van der Waals surface area contributed by atoms with Crippen molar-refractivity contribution in [2.45, 2.75) is 29.3 Å². The third kappa shape index (κ3) is 3.49. The molecule has 0 aliphatic heterocycles. The van der Waals surface area contributed by atoms with Gasteiger partial charge < -0.3 is 24.8 Å². The molecule has 0 radical (unpaired) electrons. The Kier molecular flexibility index (Phi) is 6.44. The predicted molar refractivity (Wildman–Crippen MR) is 114 cm³/mol. The Morgan fingerprint density at radius 2 is 1.76 bits per heavy atom. The van der Waals surface area contributed by atoms with Crippen LogP contribution in [0.5, 0.6) is 0 Å². The van der Waals surface area contributed by atoms with Crippen molar-refractivity contribution in [2.24, 2.45) is 0 Å². The molecule has 0 saturated carbocycles. The summed E-state index contributed by atoms with van der Waals surface area (Å²) in [6, 6.07) is 18.5. The Morgan fingerprint density at radius 1 is 0.931 bits per heavy atom. The quantitative estimate of drug-likeness (QED) is 0.495. The van der Waals surface area contributed by atoms with Crippen LogP contribution in [0.25, 0.3) is 21.9 Å². The van der Waals surface area contributed by atoms with Gasteiger partial charge in [-0.05, 0) is 0 Å². The van der Waals surface area contributed by atoms with Gasteiger partial charge in [0, 0.05) is 0 Å². The maximum Gasteiger partial charge on any atom is -1.00 e. The molecule has 0 nitrogen and oxygen atoms in total. The zero-order valence-electron chi connectivity index (χ0n) is 16.0. The monoisotopic (exact) mass is 512 g/mol. The van der Waals surface area contributed by atoms with Crippen LogP contribution < -0.4 is 24.8 Å². The summed E-state index contributed by atoms with van der Waals surface area (Å²) >= 11 is -0.667. The van der Waals surface area contributed by atoms with E-state index in [-0.39, 0.29) is 32.3 Å². The fourth-order valence-electron chi connectivity index (χ4n) is 5.02. The van der Waals surface area contributed by atoms with E-state index in [9.17, 15) is 0 Å². The Labute approximate surface area is 197 Å². The molecular weight excluding hydrogens is 493 g/mol. The smallest absolute Gasteiger partial charge is 1.00 e. The second-order valence-electron chi connectivity index (χ2n) is 7.73. The van der Waals surface area contributed by atoms with Gasteiger partial charge >= 0.3 is 174 Å². The summed E-state index contributed by atoms with van der Waals surface area (Å²) in [5, 5.41) is 6.83. The van der Waals surface area contributed by atoms with Crippen molar-refractivity contribution in [3.63, 3.8) is 0 Å².